The maximum Gasteiger partial charge on any atom is 0.261 e. The Labute approximate surface area is 163 Å². The van der Waals surface area contributed by atoms with Crippen LogP contribution in [-0.4, -0.2) is 14.3 Å². The lowest BCUT2D eigenvalue weighted by Gasteiger charge is -2.12. The van der Waals surface area contributed by atoms with Gasteiger partial charge in [-0.1, -0.05) is 48.0 Å². The molecular weight excluding hydrogens is 384 g/mol. The monoisotopic (exact) mass is 400 g/mol. The van der Waals surface area contributed by atoms with Crippen molar-refractivity contribution in [3.8, 4) is 0 Å². The van der Waals surface area contributed by atoms with Crippen LogP contribution in [0.5, 0.6) is 0 Å². The van der Waals surface area contributed by atoms with Crippen LogP contribution in [0.15, 0.2) is 77.7 Å². The molecule has 2 N–H and O–H groups in total. The minimum Gasteiger partial charge on any atom is -0.322 e. The minimum atomic E-state index is -3.86. The fourth-order valence-corrected chi connectivity index (χ4v) is 3.76. The molecule has 0 unspecified atom stereocenters. The topological polar surface area (TPSA) is 75.3 Å². The fourth-order valence-electron chi connectivity index (χ4n) is 2.47. The van der Waals surface area contributed by atoms with E-state index in [-0.39, 0.29) is 15.5 Å². The van der Waals surface area contributed by atoms with E-state index in [9.17, 15) is 13.2 Å². The van der Waals surface area contributed by atoms with Gasteiger partial charge in [0.15, 0.2) is 0 Å². The normalized spacial score (nSPS) is 11.0. The van der Waals surface area contributed by atoms with E-state index < -0.39 is 15.9 Å². The summed E-state index contributed by atoms with van der Waals surface area (Å²) in [7, 11) is -3.86. The first-order valence-corrected chi connectivity index (χ1v) is 9.97. The Bertz CT molecular complexity index is 1080. The highest BCUT2D eigenvalue weighted by atomic mass is 35.5. The van der Waals surface area contributed by atoms with E-state index in [0.29, 0.717) is 11.4 Å². The van der Waals surface area contributed by atoms with Crippen molar-refractivity contribution in [3.63, 3.8) is 0 Å². The van der Waals surface area contributed by atoms with Crippen molar-refractivity contribution in [2.75, 3.05) is 10.0 Å². The molecule has 0 radical (unpaired) electrons. The van der Waals surface area contributed by atoms with E-state index in [1.165, 1.54) is 18.2 Å². The number of halogens is 1. The molecule has 0 fully saturated rings. The third-order valence-electron chi connectivity index (χ3n) is 3.91. The Kier molecular flexibility index (Phi) is 5.48. The first-order chi connectivity index (χ1) is 12.9. The number of carbonyl (C=O) groups excluding carboxylic acids is 1. The minimum absolute atomic E-state index is 0.0503. The van der Waals surface area contributed by atoms with Gasteiger partial charge in [0.1, 0.15) is 0 Å². The molecule has 3 aromatic carbocycles. The number of sulfonamides is 1. The molecule has 0 spiro atoms. The molecule has 0 saturated heterocycles. The third kappa shape index (κ3) is 4.48. The lowest BCUT2D eigenvalue weighted by molar-refractivity contribution is 0.102. The highest BCUT2D eigenvalue weighted by Crippen LogP contribution is 2.24. The van der Waals surface area contributed by atoms with Gasteiger partial charge >= 0.3 is 0 Å². The number of hydrogen-bond acceptors (Lipinski definition) is 3. The summed E-state index contributed by atoms with van der Waals surface area (Å²) >= 11 is 6.13. The number of anilines is 2. The molecule has 3 aromatic rings. The number of benzene rings is 3. The number of nitrogens with one attached hydrogen (secondary N) is 2. The van der Waals surface area contributed by atoms with E-state index in [1.54, 1.807) is 42.5 Å². The molecule has 0 aliphatic rings. The van der Waals surface area contributed by atoms with Crippen molar-refractivity contribution < 1.29 is 13.2 Å². The lowest BCUT2D eigenvalue weighted by Crippen LogP contribution is -2.16. The van der Waals surface area contributed by atoms with E-state index in [4.69, 9.17) is 11.6 Å². The van der Waals surface area contributed by atoms with Crippen molar-refractivity contribution >= 4 is 38.9 Å². The highest BCUT2D eigenvalue weighted by molar-refractivity contribution is 7.92. The summed E-state index contributed by atoms with van der Waals surface area (Å²) in [5, 5.41) is 2.92. The van der Waals surface area contributed by atoms with Crippen LogP contribution in [-0.2, 0) is 10.0 Å². The first-order valence-electron chi connectivity index (χ1n) is 8.11. The summed E-state index contributed by atoms with van der Waals surface area (Å²) in [4.78, 5) is 12.6. The molecule has 5 nitrogen and oxygen atoms in total. The number of amides is 1. The van der Waals surface area contributed by atoms with Gasteiger partial charge in [-0.2, -0.15) is 0 Å². The quantitative estimate of drug-likeness (QED) is 0.651. The zero-order valence-corrected chi connectivity index (χ0v) is 16.0. The van der Waals surface area contributed by atoms with Crippen molar-refractivity contribution in [1.82, 2.24) is 0 Å². The van der Waals surface area contributed by atoms with Crippen molar-refractivity contribution in [2.45, 2.75) is 11.8 Å². The number of aryl methyl sites for hydroxylation is 1. The Morgan fingerprint density at radius 1 is 0.926 bits per heavy atom. The van der Waals surface area contributed by atoms with Crippen LogP contribution >= 0.6 is 11.6 Å². The Hall–Kier alpha value is -2.83. The van der Waals surface area contributed by atoms with E-state index in [0.717, 1.165) is 5.56 Å². The summed E-state index contributed by atoms with van der Waals surface area (Å²) in [6, 6.07) is 19.8. The predicted molar refractivity (Wildman–Crippen MR) is 108 cm³/mol. The first kappa shape index (κ1) is 18.9. The molecular formula is C20H17ClN2O3S. The molecule has 0 heterocycles. The molecule has 27 heavy (non-hydrogen) atoms. The molecule has 3 rings (SSSR count). The molecule has 138 valence electrons. The Morgan fingerprint density at radius 2 is 1.59 bits per heavy atom. The number of hydrogen-bond donors (Lipinski definition) is 2. The smallest absolute Gasteiger partial charge is 0.261 e. The van der Waals surface area contributed by atoms with E-state index in [2.05, 4.69) is 10.0 Å². The second kappa shape index (κ2) is 7.82. The molecule has 0 aliphatic heterocycles. The summed E-state index contributed by atoms with van der Waals surface area (Å²) < 4.78 is 27.7. The van der Waals surface area contributed by atoms with Crippen LogP contribution in [0.1, 0.15) is 15.9 Å². The zero-order chi connectivity index (χ0) is 19.4. The highest BCUT2D eigenvalue weighted by Gasteiger charge is 2.19. The number of para-hydroxylation sites is 2. The number of rotatable bonds is 5. The van der Waals surface area contributed by atoms with Gasteiger partial charge in [0.25, 0.3) is 15.9 Å². The van der Waals surface area contributed by atoms with Crippen LogP contribution in [0.2, 0.25) is 5.02 Å². The summed E-state index contributed by atoms with van der Waals surface area (Å²) in [5.41, 5.74) is 2.03. The van der Waals surface area contributed by atoms with E-state index in [1.807, 2.05) is 19.1 Å². The second-order valence-electron chi connectivity index (χ2n) is 5.88. The van der Waals surface area contributed by atoms with Crippen molar-refractivity contribution in [3.05, 3.63) is 88.9 Å². The van der Waals surface area contributed by atoms with Crippen LogP contribution < -0.4 is 10.0 Å². The van der Waals surface area contributed by atoms with Gasteiger partial charge < -0.3 is 5.32 Å². The standard InChI is InChI=1S/C20H17ClN2O3S/c1-14-7-5-6-10-19(14)22-20(24)17-13-16(11-12-18(17)21)27(25,26)23-15-8-3-2-4-9-15/h2-13,23H,1H3,(H,22,24). The molecule has 1 amide bonds. The Balaban J connectivity index is 1.90. The van der Waals surface area contributed by atoms with Crippen molar-refractivity contribution in [1.29, 1.82) is 0 Å². The summed E-state index contributed by atoms with van der Waals surface area (Å²) in [6.07, 6.45) is 0. The second-order valence-corrected chi connectivity index (χ2v) is 7.97. The average Bonchev–Trinajstić information content (AvgIpc) is 2.64. The van der Waals surface area contributed by atoms with E-state index >= 15 is 0 Å². The molecule has 0 atom stereocenters. The van der Waals surface area contributed by atoms with Gasteiger partial charge in [0, 0.05) is 11.4 Å². The molecule has 0 saturated carbocycles. The van der Waals surface area contributed by atoms with Gasteiger partial charge in [0.05, 0.1) is 15.5 Å². The van der Waals surface area contributed by atoms with Crippen LogP contribution in [0.4, 0.5) is 11.4 Å². The molecule has 0 bridgehead atoms. The maximum absolute atomic E-state index is 12.6. The van der Waals surface area contributed by atoms with Crippen LogP contribution in [0.25, 0.3) is 0 Å². The zero-order valence-electron chi connectivity index (χ0n) is 14.4. The average molecular weight is 401 g/mol. The SMILES string of the molecule is Cc1ccccc1NC(=O)c1cc(S(=O)(=O)Nc2ccccc2)ccc1Cl. The largest absolute Gasteiger partial charge is 0.322 e. The third-order valence-corrected chi connectivity index (χ3v) is 5.62. The predicted octanol–water partition coefficient (Wildman–Crippen LogP) is 4.70. The van der Waals surface area contributed by atoms with Gasteiger partial charge in [-0.05, 0) is 48.9 Å². The van der Waals surface area contributed by atoms with Crippen LogP contribution in [0, 0.1) is 6.92 Å². The van der Waals surface area contributed by atoms with Gasteiger partial charge in [-0.3, -0.25) is 9.52 Å². The molecule has 0 aliphatic carbocycles. The van der Waals surface area contributed by atoms with Gasteiger partial charge in [-0.25, -0.2) is 8.42 Å². The summed E-state index contributed by atoms with van der Waals surface area (Å²) in [6.45, 7) is 1.86. The van der Waals surface area contributed by atoms with Gasteiger partial charge in [-0.15, -0.1) is 0 Å². The number of carbonyl (C=O) groups is 1. The van der Waals surface area contributed by atoms with Crippen molar-refractivity contribution in [2.24, 2.45) is 0 Å². The Morgan fingerprint density at radius 3 is 2.30 bits per heavy atom. The lowest BCUT2D eigenvalue weighted by atomic mass is 10.1. The van der Waals surface area contributed by atoms with Crippen LogP contribution in [0.3, 0.4) is 0 Å². The fraction of sp³-hybridized carbons (Fsp3) is 0.0500. The van der Waals surface area contributed by atoms with Gasteiger partial charge in [0.2, 0.25) is 0 Å². The molecule has 0 aromatic heterocycles. The summed E-state index contributed by atoms with van der Waals surface area (Å²) in [5.74, 6) is -0.480. The molecule has 7 heteroatoms. The maximum atomic E-state index is 12.6.